The minimum absolute atomic E-state index is 0.546. The summed E-state index contributed by atoms with van der Waals surface area (Å²) < 4.78 is 11.0. The van der Waals surface area contributed by atoms with Crippen molar-refractivity contribution in [2.24, 2.45) is 0 Å². The zero-order valence-corrected chi connectivity index (χ0v) is 8.67. The minimum Gasteiger partial charge on any atom is -0.398 e. The van der Waals surface area contributed by atoms with Crippen LogP contribution in [0.3, 0.4) is 0 Å². The van der Waals surface area contributed by atoms with Crippen LogP contribution in [0.25, 0.3) is 0 Å². The van der Waals surface area contributed by atoms with Crippen molar-refractivity contribution in [1.82, 2.24) is 0 Å². The second kappa shape index (κ2) is 3.42. The van der Waals surface area contributed by atoms with E-state index >= 15 is 0 Å². The largest absolute Gasteiger partial charge is 0.398 e. The SMILES string of the molecule is CC1(c2ccc(Cl)c(N)c2)OCCO1. The minimum atomic E-state index is -0.668. The van der Waals surface area contributed by atoms with Crippen LogP contribution in [0, 0.1) is 0 Å². The maximum Gasteiger partial charge on any atom is 0.192 e. The molecule has 0 atom stereocenters. The fourth-order valence-electron chi connectivity index (χ4n) is 1.51. The van der Waals surface area contributed by atoms with Gasteiger partial charge in [-0.1, -0.05) is 17.7 Å². The van der Waals surface area contributed by atoms with E-state index in [1.54, 1.807) is 12.1 Å². The second-order valence-electron chi connectivity index (χ2n) is 3.38. The summed E-state index contributed by atoms with van der Waals surface area (Å²) in [5.41, 5.74) is 7.15. The van der Waals surface area contributed by atoms with Crippen molar-refractivity contribution in [1.29, 1.82) is 0 Å². The van der Waals surface area contributed by atoms with Crippen LogP contribution >= 0.6 is 11.6 Å². The molecule has 76 valence electrons. The Morgan fingerprint density at radius 1 is 1.36 bits per heavy atom. The molecule has 0 spiro atoms. The van der Waals surface area contributed by atoms with E-state index in [0.717, 1.165) is 5.56 Å². The first-order valence-corrected chi connectivity index (χ1v) is 4.83. The predicted molar refractivity (Wildman–Crippen MR) is 55.1 cm³/mol. The lowest BCUT2D eigenvalue weighted by atomic mass is 10.1. The van der Waals surface area contributed by atoms with Crippen molar-refractivity contribution in [3.63, 3.8) is 0 Å². The van der Waals surface area contributed by atoms with Crippen molar-refractivity contribution < 1.29 is 9.47 Å². The topological polar surface area (TPSA) is 44.5 Å². The molecule has 1 aliphatic rings. The first kappa shape index (κ1) is 9.77. The Labute approximate surface area is 87.8 Å². The van der Waals surface area contributed by atoms with Gasteiger partial charge in [0.15, 0.2) is 5.79 Å². The Bertz CT molecular complexity index is 348. The molecular formula is C10H12ClNO2. The number of nitrogen functional groups attached to an aromatic ring is 1. The zero-order chi connectivity index (χ0) is 10.2. The van der Waals surface area contributed by atoms with E-state index in [1.165, 1.54) is 0 Å². The number of benzene rings is 1. The number of hydrogen-bond acceptors (Lipinski definition) is 3. The third kappa shape index (κ3) is 1.59. The van der Waals surface area contributed by atoms with E-state index in [2.05, 4.69) is 0 Å². The van der Waals surface area contributed by atoms with Gasteiger partial charge in [0.25, 0.3) is 0 Å². The highest BCUT2D eigenvalue weighted by atomic mass is 35.5. The summed E-state index contributed by atoms with van der Waals surface area (Å²) in [5.74, 6) is -0.668. The fraction of sp³-hybridized carbons (Fsp3) is 0.400. The highest BCUT2D eigenvalue weighted by Crippen LogP contribution is 2.33. The Kier molecular flexibility index (Phi) is 2.39. The van der Waals surface area contributed by atoms with E-state index in [9.17, 15) is 0 Å². The average Bonchev–Trinajstić information content (AvgIpc) is 2.58. The molecule has 0 bridgehead atoms. The Hall–Kier alpha value is -0.770. The van der Waals surface area contributed by atoms with Crippen LogP contribution in [0.1, 0.15) is 12.5 Å². The summed E-state index contributed by atoms with van der Waals surface area (Å²) >= 11 is 5.83. The van der Waals surface area contributed by atoms with Gasteiger partial charge in [-0.05, 0) is 19.1 Å². The van der Waals surface area contributed by atoms with Crippen LogP contribution < -0.4 is 5.73 Å². The number of halogens is 1. The van der Waals surface area contributed by atoms with Crippen LogP contribution in [0.4, 0.5) is 5.69 Å². The van der Waals surface area contributed by atoms with E-state index in [1.807, 2.05) is 13.0 Å². The van der Waals surface area contributed by atoms with E-state index in [0.29, 0.717) is 23.9 Å². The van der Waals surface area contributed by atoms with Gasteiger partial charge in [0, 0.05) is 5.56 Å². The molecule has 3 nitrogen and oxygen atoms in total. The number of ether oxygens (including phenoxy) is 2. The lowest BCUT2D eigenvalue weighted by molar-refractivity contribution is -0.149. The van der Waals surface area contributed by atoms with Gasteiger partial charge in [0.1, 0.15) is 0 Å². The lowest BCUT2D eigenvalue weighted by Crippen LogP contribution is -2.22. The maximum atomic E-state index is 5.83. The van der Waals surface area contributed by atoms with Gasteiger partial charge in [0.05, 0.1) is 23.9 Å². The number of anilines is 1. The molecule has 4 heteroatoms. The molecule has 0 amide bonds. The monoisotopic (exact) mass is 213 g/mol. The summed E-state index contributed by atoms with van der Waals surface area (Å²) in [5, 5.41) is 0.551. The zero-order valence-electron chi connectivity index (χ0n) is 7.92. The van der Waals surface area contributed by atoms with Gasteiger partial charge in [-0.15, -0.1) is 0 Å². The summed E-state index contributed by atoms with van der Waals surface area (Å²) in [6, 6.07) is 5.40. The fourth-order valence-corrected chi connectivity index (χ4v) is 1.62. The quantitative estimate of drug-likeness (QED) is 0.727. The van der Waals surface area contributed by atoms with Crippen LogP contribution in [0.5, 0.6) is 0 Å². The van der Waals surface area contributed by atoms with Crippen molar-refractivity contribution in [3.05, 3.63) is 28.8 Å². The van der Waals surface area contributed by atoms with Crippen molar-refractivity contribution in [2.75, 3.05) is 18.9 Å². The molecule has 0 saturated carbocycles. The van der Waals surface area contributed by atoms with Crippen LogP contribution in [-0.4, -0.2) is 13.2 Å². The Balaban J connectivity index is 2.36. The average molecular weight is 214 g/mol. The summed E-state index contributed by atoms with van der Waals surface area (Å²) in [4.78, 5) is 0. The van der Waals surface area contributed by atoms with Crippen molar-refractivity contribution in [3.8, 4) is 0 Å². The van der Waals surface area contributed by atoms with Gasteiger partial charge in [-0.3, -0.25) is 0 Å². The first-order valence-electron chi connectivity index (χ1n) is 4.45. The first-order chi connectivity index (χ1) is 6.62. The number of hydrogen-bond donors (Lipinski definition) is 1. The predicted octanol–water partition coefficient (Wildman–Crippen LogP) is 2.14. The molecule has 1 fully saturated rings. The standard InChI is InChI=1S/C10H12ClNO2/c1-10(13-4-5-14-10)7-2-3-8(11)9(12)6-7/h2-3,6H,4-5,12H2,1H3. The molecule has 1 saturated heterocycles. The third-order valence-electron chi connectivity index (χ3n) is 2.36. The van der Waals surface area contributed by atoms with Crippen molar-refractivity contribution in [2.45, 2.75) is 12.7 Å². The summed E-state index contributed by atoms with van der Waals surface area (Å²) in [6.45, 7) is 3.10. The third-order valence-corrected chi connectivity index (χ3v) is 2.70. The second-order valence-corrected chi connectivity index (χ2v) is 3.79. The summed E-state index contributed by atoms with van der Waals surface area (Å²) in [7, 11) is 0. The molecule has 1 aromatic carbocycles. The van der Waals surface area contributed by atoms with Crippen LogP contribution in [-0.2, 0) is 15.3 Å². The smallest absolute Gasteiger partial charge is 0.192 e. The molecule has 0 unspecified atom stereocenters. The Morgan fingerprint density at radius 2 is 2.00 bits per heavy atom. The molecule has 0 aromatic heterocycles. The molecule has 14 heavy (non-hydrogen) atoms. The molecule has 2 N–H and O–H groups in total. The van der Waals surface area contributed by atoms with Crippen molar-refractivity contribution >= 4 is 17.3 Å². The van der Waals surface area contributed by atoms with Gasteiger partial charge in [-0.25, -0.2) is 0 Å². The highest BCUT2D eigenvalue weighted by Gasteiger charge is 2.33. The van der Waals surface area contributed by atoms with E-state index in [-0.39, 0.29) is 0 Å². The molecule has 1 aliphatic heterocycles. The van der Waals surface area contributed by atoms with E-state index in [4.69, 9.17) is 26.8 Å². The number of rotatable bonds is 1. The molecule has 1 heterocycles. The molecule has 0 aliphatic carbocycles. The van der Waals surface area contributed by atoms with Crippen LogP contribution in [0.15, 0.2) is 18.2 Å². The molecule has 0 radical (unpaired) electrons. The van der Waals surface area contributed by atoms with Gasteiger partial charge < -0.3 is 15.2 Å². The number of nitrogens with two attached hydrogens (primary N) is 1. The summed E-state index contributed by atoms with van der Waals surface area (Å²) in [6.07, 6.45) is 0. The lowest BCUT2D eigenvalue weighted by Gasteiger charge is -2.23. The van der Waals surface area contributed by atoms with E-state index < -0.39 is 5.79 Å². The highest BCUT2D eigenvalue weighted by molar-refractivity contribution is 6.33. The molecule has 1 aromatic rings. The normalized spacial score (nSPS) is 19.9. The van der Waals surface area contributed by atoms with Gasteiger partial charge in [-0.2, -0.15) is 0 Å². The molecule has 2 rings (SSSR count). The molecular weight excluding hydrogens is 202 g/mol. The van der Waals surface area contributed by atoms with Gasteiger partial charge >= 0.3 is 0 Å². The maximum absolute atomic E-state index is 5.83. The van der Waals surface area contributed by atoms with Crippen LogP contribution in [0.2, 0.25) is 5.02 Å². The Morgan fingerprint density at radius 3 is 2.57 bits per heavy atom. The van der Waals surface area contributed by atoms with Gasteiger partial charge in [0.2, 0.25) is 0 Å².